The zero-order valence-corrected chi connectivity index (χ0v) is 21.9. The number of aliphatic carboxylic acids is 1. The Morgan fingerprint density at radius 3 is 2.67 bits per heavy atom. The summed E-state index contributed by atoms with van der Waals surface area (Å²) in [6.45, 7) is 0.994. The molecule has 2 aliphatic rings. The molecule has 1 amide bonds. The third kappa shape index (κ3) is 4.30. The van der Waals surface area contributed by atoms with Crippen LogP contribution < -0.4 is 39.4 Å². The third-order valence-electron chi connectivity index (χ3n) is 5.59. The van der Waals surface area contributed by atoms with Crippen molar-refractivity contribution in [3.63, 3.8) is 0 Å². The molecule has 0 unspecified atom stereocenters. The summed E-state index contributed by atoms with van der Waals surface area (Å²) in [6.07, 6.45) is 2.29. The van der Waals surface area contributed by atoms with Crippen molar-refractivity contribution in [2.24, 2.45) is 5.92 Å². The minimum Gasteiger partial charge on any atom is -0.543 e. The standard InChI is InChI=1S/C18H21N5O7S2.Na/c1-8(24)13-10-4-9(15(18(27)28)23(10)16(13)26)12-6-22-7-19-14(17(22)31-12)11(25)5-20-32(29,30)21(2)3;/h6-8,10,13,20,24H,4-5H2,1-3H3,(H,27,28);/q;+1/p-1/t8-,10-,13-;/m1./s1. The maximum atomic E-state index is 12.6. The molecular formula is C18H20N5NaO7S2. The van der Waals surface area contributed by atoms with Crippen molar-refractivity contribution in [2.75, 3.05) is 20.6 Å². The van der Waals surface area contributed by atoms with Crippen molar-refractivity contribution in [1.29, 1.82) is 0 Å². The van der Waals surface area contributed by atoms with Crippen LogP contribution in [0, 0.1) is 5.92 Å². The molecule has 33 heavy (non-hydrogen) atoms. The number of hydrogen-bond donors (Lipinski definition) is 2. The summed E-state index contributed by atoms with van der Waals surface area (Å²) in [5.74, 6) is -3.20. The number of thiazole rings is 1. The van der Waals surface area contributed by atoms with Crippen LogP contribution in [-0.2, 0) is 19.8 Å². The number of nitrogens with one attached hydrogen (secondary N) is 1. The van der Waals surface area contributed by atoms with Crippen LogP contribution in [0.4, 0.5) is 0 Å². The number of aromatic nitrogens is 2. The van der Waals surface area contributed by atoms with E-state index in [1.165, 1.54) is 31.7 Å². The summed E-state index contributed by atoms with van der Waals surface area (Å²) in [4.78, 5) is 42.8. The predicted octanol–water partition coefficient (Wildman–Crippen LogP) is -4.95. The fourth-order valence-electron chi connectivity index (χ4n) is 3.98. The zero-order valence-electron chi connectivity index (χ0n) is 18.3. The first-order valence-corrected chi connectivity index (χ1v) is 11.8. The van der Waals surface area contributed by atoms with Crippen LogP contribution in [0.2, 0.25) is 0 Å². The van der Waals surface area contributed by atoms with Gasteiger partial charge in [-0.15, -0.1) is 11.3 Å². The molecule has 3 atom stereocenters. The number of β-lactam (4-membered cyclic amide) rings is 1. The summed E-state index contributed by atoms with van der Waals surface area (Å²) in [7, 11) is -1.14. The Balaban J connectivity index is 0.00000306. The summed E-state index contributed by atoms with van der Waals surface area (Å²) in [5, 5.41) is 21.7. The van der Waals surface area contributed by atoms with Gasteiger partial charge in [-0.1, -0.05) is 0 Å². The number of nitrogens with zero attached hydrogens (tertiary/aromatic N) is 4. The molecule has 172 valence electrons. The van der Waals surface area contributed by atoms with Gasteiger partial charge in [0.2, 0.25) is 5.91 Å². The minimum absolute atomic E-state index is 0. The van der Waals surface area contributed by atoms with E-state index in [0.29, 0.717) is 15.3 Å². The Morgan fingerprint density at radius 1 is 1.42 bits per heavy atom. The largest absolute Gasteiger partial charge is 1.00 e. The van der Waals surface area contributed by atoms with Gasteiger partial charge in [0, 0.05) is 20.3 Å². The molecule has 0 saturated carbocycles. The van der Waals surface area contributed by atoms with Crippen molar-refractivity contribution in [3.05, 3.63) is 28.8 Å². The van der Waals surface area contributed by atoms with Crippen LogP contribution >= 0.6 is 11.3 Å². The molecule has 2 aliphatic heterocycles. The van der Waals surface area contributed by atoms with Crippen LogP contribution in [0.3, 0.4) is 0 Å². The van der Waals surface area contributed by atoms with Crippen LogP contribution in [0.5, 0.6) is 0 Å². The number of carbonyl (C=O) groups is 3. The smallest absolute Gasteiger partial charge is 0.543 e. The third-order valence-corrected chi connectivity index (χ3v) is 8.23. The molecule has 1 fully saturated rings. The molecule has 0 radical (unpaired) electrons. The van der Waals surface area contributed by atoms with Gasteiger partial charge in [-0.3, -0.25) is 14.0 Å². The molecule has 2 aromatic heterocycles. The van der Waals surface area contributed by atoms with E-state index in [1.54, 1.807) is 6.20 Å². The van der Waals surface area contributed by atoms with Crippen LogP contribution in [0.15, 0.2) is 18.2 Å². The number of imidazole rings is 1. The van der Waals surface area contributed by atoms with Gasteiger partial charge in [0.1, 0.15) is 16.9 Å². The quantitative estimate of drug-likeness (QED) is 0.205. The molecule has 0 aliphatic carbocycles. The van der Waals surface area contributed by atoms with Crippen LogP contribution in [0.25, 0.3) is 10.4 Å². The molecule has 2 N–H and O–H groups in total. The normalized spacial score (nSPS) is 21.2. The first-order valence-electron chi connectivity index (χ1n) is 9.56. The van der Waals surface area contributed by atoms with Gasteiger partial charge in [-0.05, 0) is 18.9 Å². The molecule has 4 rings (SSSR count). The van der Waals surface area contributed by atoms with E-state index in [2.05, 4.69) is 9.71 Å². The average molecular weight is 506 g/mol. The van der Waals surface area contributed by atoms with E-state index in [0.717, 1.165) is 20.5 Å². The number of hydrogen-bond acceptors (Lipinski definition) is 9. The Hall–Kier alpha value is -1.65. The van der Waals surface area contributed by atoms with Gasteiger partial charge in [-0.25, -0.2) is 4.98 Å². The van der Waals surface area contributed by atoms with Gasteiger partial charge in [0.15, 0.2) is 5.78 Å². The molecule has 4 heterocycles. The monoisotopic (exact) mass is 505 g/mol. The average Bonchev–Trinajstić information content (AvgIpc) is 3.35. The van der Waals surface area contributed by atoms with E-state index in [1.807, 2.05) is 0 Å². The first kappa shape index (κ1) is 26.0. The molecular weight excluding hydrogens is 485 g/mol. The second-order valence-corrected chi connectivity index (χ2v) is 10.8. The molecule has 0 bridgehead atoms. The molecule has 0 aromatic carbocycles. The van der Waals surface area contributed by atoms with Crippen molar-refractivity contribution < 1.29 is 62.6 Å². The van der Waals surface area contributed by atoms with Crippen LogP contribution in [-0.4, -0.2) is 82.6 Å². The first-order chi connectivity index (χ1) is 14.9. The number of Topliss-reactive ketones (excluding diaryl/α,β-unsaturated/α-hetero) is 1. The van der Waals surface area contributed by atoms with E-state index in [-0.39, 0.29) is 47.4 Å². The SMILES string of the molecule is C[C@@H](O)[C@H]1C(=O)N2C(C(=O)[O-])=C(c3cn4cnc(C(=O)CNS(=O)(=O)N(C)C)c4s3)C[C@H]12.[Na+]. The number of aliphatic hydroxyl groups excluding tert-OH is 1. The topological polar surface area (TPSA) is 164 Å². The van der Waals surface area contributed by atoms with Gasteiger partial charge in [0.25, 0.3) is 10.2 Å². The number of carboxylic acid groups (broad SMARTS) is 1. The fraction of sp³-hybridized carbons (Fsp3) is 0.444. The van der Waals surface area contributed by atoms with Gasteiger partial charge < -0.3 is 19.9 Å². The Kier molecular flexibility index (Phi) is 7.23. The molecule has 1 saturated heterocycles. The zero-order chi connectivity index (χ0) is 23.5. The van der Waals surface area contributed by atoms with E-state index in [9.17, 15) is 33.0 Å². The summed E-state index contributed by atoms with van der Waals surface area (Å²) in [5.41, 5.74) is 0.186. The predicted molar refractivity (Wildman–Crippen MR) is 110 cm³/mol. The van der Waals surface area contributed by atoms with E-state index >= 15 is 0 Å². The number of aliphatic hydroxyl groups is 1. The molecule has 15 heteroatoms. The van der Waals surface area contributed by atoms with Gasteiger partial charge in [0.05, 0.1) is 41.2 Å². The van der Waals surface area contributed by atoms with Crippen LogP contribution in [0.1, 0.15) is 28.7 Å². The van der Waals surface area contributed by atoms with Crippen molar-refractivity contribution in [2.45, 2.75) is 25.5 Å². The number of carbonyl (C=O) groups excluding carboxylic acids is 3. The number of ketones is 1. The summed E-state index contributed by atoms with van der Waals surface area (Å²) >= 11 is 1.10. The van der Waals surface area contributed by atoms with Gasteiger partial charge >= 0.3 is 29.6 Å². The van der Waals surface area contributed by atoms with Gasteiger partial charge in [-0.2, -0.15) is 17.4 Å². The number of rotatable bonds is 8. The molecule has 12 nitrogen and oxygen atoms in total. The minimum atomic E-state index is -3.79. The second kappa shape index (κ2) is 9.19. The van der Waals surface area contributed by atoms with E-state index in [4.69, 9.17) is 0 Å². The summed E-state index contributed by atoms with van der Waals surface area (Å²) < 4.78 is 28.3. The van der Waals surface area contributed by atoms with E-state index < -0.39 is 52.5 Å². The molecule has 0 spiro atoms. The number of fused-ring (bicyclic) bond motifs is 2. The Labute approximate surface area is 215 Å². The number of amides is 1. The Bertz CT molecular complexity index is 1280. The second-order valence-electron chi connectivity index (χ2n) is 7.79. The maximum absolute atomic E-state index is 12.6. The summed E-state index contributed by atoms with van der Waals surface area (Å²) in [6, 6.07) is -0.466. The van der Waals surface area contributed by atoms with Crippen molar-refractivity contribution in [1.82, 2.24) is 23.3 Å². The fourth-order valence-corrected chi connectivity index (χ4v) is 5.70. The van der Waals surface area contributed by atoms with Crippen molar-refractivity contribution in [3.8, 4) is 0 Å². The number of carboxylic acids is 1. The van der Waals surface area contributed by atoms with Crippen molar-refractivity contribution >= 4 is 49.6 Å². The maximum Gasteiger partial charge on any atom is 1.00 e. The Morgan fingerprint density at radius 2 is 2.09 bits per heavy atom. The molecule has 2 aromatic rings.